The average molecular weight is 157 g/mol. The molecule has 10 heavy (non-hydrogen) atoms. The van der Waals surface area contributed by atoms with E-state index in [1.54, 1.807) is 11.7 Å². The van der Waals surface area contributed by atoms with E-state index in [1.165, 1.54) is 0 Å². The summed E-state index contributed by atoms with van der Waals surface area (Å²) >= 11 is 5.47. The molecular weight excluding hydrogens is 148 g/mol. The lowest BCUT2D eigenvalue weighted by atomic mass is 10.3. The molecule has 0 unspecified atom stereocenters. The monoisotopic (exact) mass is 156 g/mol. The van der Waals surface area contributed by atoms with Gasteiger partial charge in [0.1, 0.15) is 0 Å². The lowest BCUT2D eigenvalue weighted by Gasteiger charge is -1.98. The summed E-state index contributed by atoms with van der Waals surface area (Å²) in [5, 5.41) is 4.02. The molecule has 0 aliphatic carbocycles. The van der Waals surface area contributed by atoms with Gasteiger partial charge in [0.25, 0.3) is 0 Å². The number of hydrogen-bond donors (Lipinski definition) is 0. The second-order valence-corrected chi connectivity index (χ2v) is 2.38. The minimum atomic E-state index is 0.774. The number of rotatable bonds is 2. The van der Waals surface area contributed by atoms with Crippen molar-refractivity contribution in [3.63, 3.8) is 0 Å². The Balaban J connectivity index is 2.56. The normalized spacial score (nSPS) is 12.0. The van der Waals surface area contributed by atoms with Crippen LogP contribution in [0.1, 0.15) is 6.92 Å². The second kappa shape index (κ2) is 3.42. The molecule has 1 aromatic rings. The summed E-state index contributed by atoms with van der Waals surface area (Å²) < 4.78 is 1.83. The maximum absolute atomic E-state index is 5.47. The van der Waals surface area contributed by atoms with E-state index in [-0.39, 0.29) is 0 Å². The van der Waals surface area contributed by atoms with Crippen molar-refractivity contribution in [2.75, 3.05) is 0 Å². The molecule has 0 N–H and O–H groups in total. The first-order chi connectivity index (χ1) is 4.83. The molecule has 0 atom stereocenters. The van der Waals surface area contributed by atoms with E-state index in [1.807, 2.05) is 23.9 Å². The minimum Gasteiger partial charge on any atom is -0.269 e. The van der Waals surface area contributed by atoms with Crippen LogP contribution in [0.5, 0.6) is 0 Å². The van der Waals surface area contributed by atoms with Gasteiger partial charge >= 0.3 is 0 Å². The van der Waals surface area contributed by atoms with Gasteiger partial charge in [-0.3, -0.25) is 4.68 Å². The molecule has 0 fully saturated rings. The largest absolute Gasteiger partial charge is 0.269 e. The zero-order chi connectivity index (χ0) is 7.40. The highest BCUT2D eigenvalue weighted by molar-refractivity contribution is 6.25. The summed E-state index contributed by atoms with van der Waals surface area (Å²) in [5.41, 5.74) is 2.67. The van der Waals surface area contributed by atoms with Crippen LogP contribution < -0.4 is 0 Å². The Morgan fingerprint density at radius 3 is 3.10 bits per heavy atom. The van der Waals surface area contributed by atoms with E-state index in [2.05, 4.69) is 5.10 Å². The van der Waals surface area contributed by atoms with Gasteiger partial charge in [-0.15, -0.1) is 0 Å². The van der Waals surface area contributed by atoms with Crippen molar-refractivity contribution in [2.24, 2.45) is 0 Å². The van der Waals surface area contributed by atoms with Gasteiger partial charge in [-0.1, -0.05) is 11.6 Å². The molecule has 0 aliphatic rings. The van der Waals surface area contributed by atoms with E-state index in [4.69, 9.17) is 11.6 Å². The van der Waals surface area contributed by atoms with Gasteiger partial charge < -0.3 is 0 Å². The zero-order valence-electron chi connectivity index (χ0n) is 5.79. The highest BCUT2D eigenvalue weighted by Crippen LogP contribution is 1.98. The lowest BCUT2D eigenvalue weighted by Crippen LogP contribution is -1.98. The van der Waals surface area contributed by atoms with Crippen LogP contribution in [-0.2, 0) is 6.54 Å². The quantitative estimate of drug-likeness (QED) is 0.641. The Hall–Kier alpha value is -0.760. The standard InChI is InChI=1S/C7H9ClN2/c1-7(5-8)6-10-4-2-3-9-10/h2-5H,6H2,1H3/b7-5-. The van der Waals surface area contributed by atoms with E-state index in [0.717, 1.165) is 12.1 Å². The van der Waals surface area contributed by atoms with Gasteiger partial charge in [0, 0.05) is 17.9 Å². The van der Waals surface area contributed by atoms with Crippen LogP contribution in [0.15, 0.2) is 29.6 Å². The van der Waals surface area contributed by atoms with Gasteiger partial charge in [0.15, 0.2) is 0 Å². The predicted octanol–water partition coefficient (Wildman–Crippen LogP) is 2.03. The summed E-state index contributed by atoms with van der Waals surface area (Å²) in [6.45, 7) is 2.74. The first-order valence-corrected chi connectivity index (χ1v) is 3.50. The van der Waals surface area contributed by atoms with Crippen LogP contribution in [0.25, 0.3) is 0 Å². The fourth-order valence-corrected chi connectivity index (χ4v) is 0.753. The third-order valence-corrected chi connectivity index (χ3v) is 1.53. The van der Waals surface area contributed by atoms with Crippen molar-refractivity contribution in [3.8, 4) is 0 Å². The first kappa shape index (κ1) is 7.35. The van der Waals surface area contributed by atoms with Gasteiger partial charge in [0.2, 0.25) is 0 Å². The molecule has 0 aliphatic heterocycles. The average Bonchev–Trinajstić information content (AvgIpc) is 2.40. The molecular formula is C7H9ClN2. The molecule has 0 amide bonds. The highest BCUT2D eigenvalue weighted by Gasteiger charge is 1.89. The maximum atomic E-state index is 5.47. The SMILES string of the molecule is C/C(=C/Cl)Cn1cccn1. The first-order valence-electron chi connectivity index (χ1n) is 3.06. The fourth-order valence-electron chi connectivity index (χ4n) is 0.684. The third-order valence-electron chi connectivity index (χ3n) is 1.16. The van der Waals surface area contributed by atoms with Crippen molar-refractivity contribution < 1.29 is 0 Å². The van der Waals surface area contributed by atoms with Crippen LogP contribution in [0.4, 0.5) is 0 Å². The molecule has 0 aromatic carbocycles. The molecule has 0 saturated heterocycles. The number of aromatic nitrogens is 2. The van der Waals surface area contributed by atoms with E-state index >= 15 is 0 Å². The zero-order valence-corrected chi connectivity index (χ0v) is 6.54. The van der Waals surface area contributed by atoms with E-state index in [0.29, 0.717) is 0 Å². The Morgan fingerprint density at radius 2 is 2.60 bits per heavy atom. The Bertz CT molecular complexity index is 214. The van der Waals surface area contributed by atoms with Crippen molar-refractivity contribution >= 4 is 11.6 Å². The molecule has 54 valence electrons. The maximum Gasteiger partial charge on any atom is 0.0628 e. The third kappa shape index (κ3) is 1.88. The number of nitrogens with zero attached hydrogens (tertiary/aromatic N) is 2. The predicted molar refractivity (Wildman–Crippen MR) is 41.8 cm³/mol. The number of halogens is 1. The van der Waals surface area contributed by atoms with Crippen LogP contribution >= 0.6 is 11.6 Å². The minimum absolute atomic E-state index is 0.774. The molecule has 0 spiro atoms. The molecule has 1 aromatic heterocycles. The highest BCUT2D eigenvalue weighted by atomic mass is 35.5. The van der Waals surface area contributed by atoms with Crippen molar-refractivity contribution in [3.05, 3.63) is 29.6 Å². The topological polar surface area (TPSA) is 17.8 Å². The van der Waals surface area contributed by atoms with Crippen molar-refractivity contribution in [1.29, 1.82) is 0 Å². The molecule has 0 bridgehead atoms. The molecule has 2 nitrogen and oxygen atoms in total. The van der Waals surface area contributed by atoms with E-state index in [9.17, 15) is 0 Å². The summed E-state index contributed by atoms with van der Waals surface area (Å²) in [6.07, 6.45) is 3.66. The van der Waals surface area contributed by atoms with Crippen LogP contribution in [0, 0.1) is 0 Å². The molecule has 1 rings (SSSR count). The summed E-state index contributed by atoms with van der Waals surface area (Å²) in [4.78, 5) is 0. The summed E-state index contributed by atoms with van der Waals surface area (Å²) in [7, 11) is 0. The molecule has 3 heteroatoms. The second-order valence-electron chi connectivity index (χ2n) is 2.16. The van der Waals surface area contributed by atoms with Crippen molar-refractivity contribution in [1.82, 2.24) is 9.78 Å². The number of allylic oxidation sites excluding steroid dienone is 1. The van der Waals surface area contributed by atoms with Gasteiger partial charge in [0.05, 0.1) is 6.54 Å². The molecule has 1 heterocycles. The number of hydrogen-bond acceptors (Lipinski definition) is 1. The van der Waals surface area contributed by atoms with Gasteiger partial charge in [-0.2, -0.15) is 5.10 Å². The smallest absolute Gasteiger partial charge is 0.0628 e. The fraction of sp³-hybridized carbons (Fsp3) is 0.286. The lowest BCUT2D eigenvalue weighted by molar-refractivity contribution is 0.678. The van der Waals surface area contributed by atoms with Gasteiger partial charge in [-0.05, 0) is 18.6 Å². The van der Waals surface area contributed by atoms with E-state index < -0.39 is 0 Å². The Labute approximate surface area is 65.1 Å². The molecule has 0 saturated carbocycles. The summed E-state index contributed by atoms with van der Waals surface area (Å²) in [6, 6.07) is 1.89. The van der Waals surface area contributed by atoms with Crippen molar-refractivity contribution in [2.45, 2.75) is 13.5 Å². The Morgan fingerprint density at radius 1 is 1.80 bits per heavy atom. The van der Waals surface area contributed by atoms with Crippen LogP contribution in [0.2, 0.25) is 0 Å². The summed E-state index contributed by atoms with van der Waals surface area (Å²) in [5.74, 6) is 0. The van der Waals surface area contributed by atoms with Crippen LogP contribution in [-0.4, -0.2) is 9.78 Å². The van der Waals surface area contributed by atoms with Crippen LogP contribution in [0.3, 0.4) is 0 Å². The molecule has 0 radical (unpaired) electrons. The Kier molecular flexibility index (Phi) is 2.51. The van der Waals surface area contributed by atoms with Gasteiger partial charge in [-0.25, -0.2) is 0 Å².